The number of carbonyl (C=O) groups is 1. The molecule has 1 aromatic carbocycles. The quantitative estimate of drug-likeness (QED) is 0.438. The lowest BCUT2D eigenvalue weighted by molar-refractivity contribution is -0.130. The topological polar surface area (TPSA) is 70.3 Å². The highest BCUT2D eigenvalue weighted by atomic mass is 16.6. The number of cyclic esters (lactones) is 1. The molecule has 6 nitrogen and oxygen atoms in total. The van der Waals surface area contributed by atoms with Crippen LogP contribution in [-0.4, -0.2) is 25.1 Å². The Hall–Kier alpha value is -3.28. The predicted molar refractivity (Wildman–Crippen MR) is 92.6 cm³/mol. The lowest BCUT2D eigenvalue weighted by Gasteiger charge is -2.11. The van der Waals surface area contributed by atoms with E-state index in [2.05, 4.69) is 11.6 Å². The van der Waals surface area contributed by atoms with Crippen molar-refractivity contribution in [2.45, 2.75) is 6.92 Å². The van der Waals surface area contributed by atoms with Gasteiger partial charge in [0.05, 0.1) is 12.9 Å². The van der Waals surface area contributed by atoms with Crippen LogP contribution in [0.2, 0.25) is 0 Å². The van der Waals surface area contributed by atoms with E-state index >= 15 is 0 Å². The number of hydrogen-bond acceptors (Lipinski definition) is 6. The average molecular weight is 339 g/mol. The van der Waals surface area contributed by atoms with Crippen LogP contribution in [0.5, 0.6) is 11.5 Å². The van der Waals surface area contributed by atoms with Crippen LogP contribution >= 0.6 is 0 Å². The molecule has 0 fully saturated rings. The fourth-order valence-corrected chi connectivity index (χ4v) is 2.22. The van der Waals surface area contributed by atoms with Crippen LogP contribution in [0.1, 0.15) is 18.2 Å². The molecule has 0 spiro atoms. The summed E-state index contributed by atoms with van der Waals surface area (Å²) < 4.78 is 21.5. The summed E-state index contributed by atoms with van der Waals surface area (Å²) in [6, 6.07) is 8.74. The third-order valence-electron chi connectivity index (χ3n) is 3.28. The maximum atomic E-state index is 12.0. The number of nitrogens with zero attached hydrogens (tertiary/aromatic N) is 1. The van der Waals surface area contributed by atoms with E-state index in [0.29, 0.717) is 30.5 Å². The van der Waals surface area contributed by atoms with Gasteiger partial charge in [0.2, 0.25) is 0 Å². The van der Waals surface area contributed by atoms with Gasteiger partial charge in [0.15, 0.2) is 23.0 Å². The van der Waals surface area contributed by atoms with Gasteiger partial charge >= 0.3 is 5.97 Å². The minimum Gasteiger partial charge on any atom is -0.490 e. The van der Waals surface area contributed by atoms with Gasteiger partial charge in [-0.25, -0.2) is 9.79 Å². The first-order valence-corrected chi connectivity index (χ1v) is 7.78. The zero-order valence-corrected chi connectivity index (χ0v) is 13.7. The number of hydrogen-bond donors (Lipinski definition) is 0. The molecular weight excluding hydrogens is 322 g/mol. The summed E-state index contributed by atoms with van der Waals surface area (Å²) in [4.78, 5) is 16.2. The number of aliphatic imine (C=N–C) groups is 1. The molecule has 1 aliphatic heterocycles. The summed E-state index contributed by atoms with van der Waals surface area (Å²) >= 11 is 0. The van der Waals surface area contributed by atoms with Crippen LogP contribution in [0, 0.1) is 0 Å². The van der Waals surface area contributed by atoms with Crippen molar-refractivity contribution in [2.75, 3.05) is 13.2 Å². The molecule has 1 aromatic heterocycles. The zero-order valence-electron chi connectivity index (χ0n) is 13.7. The maximum Gasteiger partial charge on any atom is 0.363 e. The largest absolute Gasteiger partial charge is 0.490 e. The first kappa shape index (κ1) is 16.6. The second-order valence-electron chi connectivity index (χ2n) is 5.05. The normalized spacial score (nSPS) is 15.0. The highest BCUT2D eigenvalue weighted by Crippen LogP contribution is 2.30. The van der Waals surface area contributed by atoms with E-state index in [-0.39, 0.29) is 11.6 Å². The van der Waals surface area contributed by atoms with E-state index in [9.17, 15) is 4.79 Å². The summed E-state index contributed by atoms with van der Waals surface area (Å²) in [5, 5.41) is 0. The molecular formula is C19H17NO5. The number of ether oxygens (including phenoxy) is 3. The molecule has 1 aliphatic rings. The maximum absolute atomic E-state index is 12.0. The van der Waals surface area contributed by atoms with Crippen LogP contribution in [0.4, 0.5) is 0 Å². The van der Waals surface area contributed by atoms with Gasteiger partial charge in [-0.15, -0.1) is 0 Å². The van der Waals surface area contributed by atoms with Crippen molar-refractivity contribution in [3.8, 4) is 11.5 Å². The van der Waals surface area contributed by atoms with Crippen molar-refractivity contribution in [2.24, 2.45) is 4.99 Å². The van der Waals surface area contributed by atoms with Crippen molar-refractivity contribution >= 4 is 17.9 Å². The summed E-state index contributed by atoms with van der Waals surface area (Å²) in [6.45, 7) is 6.38. The molecule has 25 heavy (non-hydrogen) atoms. The minimum absolute atomic E-state index is 0.150. The smallest absolute Gasteiger partial charge is 0.363 e. The lowest BCUT2D eigenvalue weighted by Crippen LogP contribution is -2.04. The molecule has 0 saturated carbocycles. The Bertz CT molecular complexity index is 834. The first-order valence-electron chi connectivity index (χ1n) is 7.78. The molecule has 0 saturated heterocycles. The SMILES string of the molecule is C=CCOc1ccc(/C=C2\N=C(c3ccco3)OC2=O)cc1OCC. The summed E-state index contributed by atoms with van der Waals surface area (Å²) in [6.07, 6.45) is 4.77. The molecule has 128 valence electrons. The van der Waals surface area contributed by atoms with Crippen LogP contribution in [0.25, 0.3) is 6.08 Å². The van der Waals surface area contributed by atoms with Gasteiger partial charge in [0, 0.05) is 0 Å². The Morgan fingerprint density at radius 2 is 2.12 bits per heavy atom. The van der Waals surface area contributed by atoms with E-state index < -0.39 is 5.97 Å². The van der Waals surface area contributed by atoms with Gasteiger partial charge < -0.3 is 18.6 Å². The van der Waals surface area contributed by atoms with Crippen molar-refractivity contribution in [1.82, 2.24) is 0 Å². The summed E-state index contributed by atoms with van der Waals surface area (Å²) in [5.74, 6) is 1.21. The van der Waals surface area contributed by atoms with Gasteiger partial charge in [-0.1, -0.05) is 18.7 Å². The molecule has 2 heterocycles. The zero-order chi connectivity index (χ0) is 17.6. The number of benzene rings is 1. The number of esters is 1. The highest BCUT2D eigenvalue weighted by molar-refractivity contribution is 6.11. The summed E-state index contributed by atoms with van der Waals surface area (Å²) in [5.41, 5.74) is 0.930. The Labute approximate surface area is 145 Å². The Balaban J connectivity index is 1.88. The van der Waals surface area contributed by atoms with Crippen LogP contribution in [-0.2, 0) is 9.53 Å². The van der Waals surface area contributed by atoms with E-state index in [4.69, 9.17) is 18.6 Å². The first-order chi connectivity index (χ1) is 12.2. The van der Waals surface area contributed by atoms with Crippen LogP contribution in [0.15, 0.2) is 64.4 Å². The van der Waals surface area contributed by atoms with E-state index in [1.54, 1.807) is 36.4 Å². The number of carbonyl (C=O) groups excluding carboxylic acids is 1. The van der Waals surface area contributed by atoms with Crippen molar-refractivity contribution in [1.29, 1.82) is 0 Å². The average Bonchev–Trinajstić information content (AvgIpc) is 3.25. The van der Waals surface area contributed by atoms with E-state index in [0.717, 1.165) is 5.56 Å². The third kappa shape index (κ3) is 3.80. The molecule has 0 unspecified atom stereocenters. The second kappa shape index (κ2) is 7.53. The molecule has 0 radical (unpaired) electrons. The van der Waals surface area contributed by atoms with Gasteiger partial charge in [-0.05, 0) is 42.8 Å². The number of rotatable bonds is 7. The van der Waals surface area contributed by atoms with Gasteiger partial charge in [-0.3, -0.25) is 0 Å². The highest BCUT2D eigenvalue weighted by Gasteiger charge is 2.25. The molecule has 2 aromatic rings. The standard InChI is InChI=1S/C19H17NO5/c1-3-9-23-15-8-7-13(12-17(15)22-4-2)11-14-19(21)25-18(20-14)16-6-5-10-24-16/h3,5-8,10-12H,1,4,9H2,2H3/b14-11-. The fraction of sp³-hybridized carbons (Fsp3) is 0.158. The molecule has 0 atom stereocenters. The molecule has 0 aliphatic carbocycles. The molecule has 0 N–H and O–H groups in total. The fourth-order valence-electron chi connectivity index (χ4n) is 2.22. The Morgan fingerprint density at radius 3 is 2.84 bits per heavy atom. The van der Waals surface area contributed by atoms with Crippen molar-refractivity contribution in [3.05, 3.63) is 66.3 Å². The van der Waals surface area contributed by atoms with Gasteiger partial charge in [-0.2, -0.15) is 0 Å². The monoisotopic (exact) mass is 339 g/mol. The van der Waals surface area contributed by atoms with Gasteiger partial charge in [0.1, 0.15) is 6.61 Å². The minimum atomic E-state index is -0.531. The second-order valence-corrected chi connectivity index (χ2v) is 5.05. The predicted octanol–water partition coefficient (Wildman–Crippen LogP) is 3.59. The van der Waals surface area contributed by atoms with Crippen LogP contribution < -0.4 is 9.47 Å². The molecule has 6 heteroatoms. The summed E-state index contributed by atoms with van der Waals surface area (Å²) in [7, 11) is 0. The molecule has 0 bridgehead atoms. The van der Waals surface area contributed by atoms with Crippen molar-refractivity contribution in [3.63, 3.8) is 0 Å². The van der Waals surface area contributed by atoms with Gasteiger partial charge in [0.25, 0.3) is 5.90 Å². The molecule has 0 amide bonds. The van der Waals surface area contributed by atoms with Crippen LogP contribution in [0.3, 0.4) is 0 Å². The molecule has 3 rings (SSSR count). The van der Waals surface area contributed by atoms with E-state index in [1.807, 2.05) is 13.0 Å². The Kier molecular flexibility index (Phi) is 4.99. The third-order valence-corrected chi connectivity index (χ3v) is 3.28. The van der Waals surface area contributed by atoms with E-state index in [1.165, 1.54) is 6.26 Å². The Morgan fingerprint density at radius 1 is 1.24 bits per heavy atom. The lowest BCUT2D eigenvalue weighted by atomic mass is 10.1. The number of furan rings is 1. The van der Waals surface area contributed by atoms with Crippen molar-refractivity contribution < 1.29 is 23.4 Å².